The van der Waals surface area contributed by atoms with Crippen molar-refractivity contribution in [2.75, 3.05) is 6.54 Å². The number of carbonyl (C=O) groups is 1. The molecule has 0 fully saturated rings. The molecule has 0 spiro atoms. The van der Waals surface area contributed by atoms with Gasteiger partial charge in [-0.25, -0.2) is 0 Å². The molecule has 0 bridgehead atoms. The molecule has 1 amide bonds. The molecular formula is C17H19BrN2O3. The topological polar surface area (TPSA) is 81.6 Å². The van der Waals surface area contributed by atoms with Crippen molar-refractivity contribution in [2.24, 2.45) is 0 Å². The van der Waals surface area contributed by atoms with Gasteiger partial charge < -0.3 is 15.5 Å². The molecular weight excluding hydrogens is 360 g/mol. The lowest BCUT2D eigenvalue weighted by Crippen LogP contribution is -2.43. The highest BCUT2D eigenvalue weighted by atomic mass is 79.9. The highest BCUT2D eigenvalue weighted by molar-refractivity contribution is 9.10. The number of amides is 1. The van der Waals surface area contributed by atoms with Crippen molar-refractivity contribution in [1.82, 2.24) is 10.6 Å². The number of aliphatic hydroxyl groups is 2. The highest BCUT2D eigenvalue weighted by Gasteiger charge is 2.24. The van der Waals surface area contributed by atoms with E-state index in [0.29, 0.717) is 12.1 Å². The Morgan fingerprint density at radius 1 is 1.04 bits per heavy atom. The number of halogens is 1. The van der Waals surface area contributed by atoms with Gasteiger partial charge in [0, 0.05) is 29.5 Å². The fourth-order valence-electron chi connectivity index (χ4n) is 2.02. The smallest absolute Gasteiger partial charge is 0.250 e. The van der Waals surface area contributed by atoms with E-state index in [4.69, 9.17) is 0 Å². The summed E-state index contributed by atoms with van der Waals surface area (Å²) in [5.74, 6) is -2.33. The van der Waals surface area contributed by atoms with Crippen LogP contribution in [0.4, 0.5) is 0 Å². The largest absolute Gasteiger partial charge is 0.352 e. The second-order valence-corrected chi connectivity index (χ2v) is 6.03. The monoisotopic (exact) mass is 378 g/mol. The predicted octanol–water partition coefficient (Wildman–Crippen LogP) is 1.84. The van der Waals surface area contributed by atoms with E-state index in [1.165, 1.54) is 0 Å². The molecule has 0 aliphatic rings. The van der Waals surface area contributed by atoms with Crippen LogP contribution < -0.4 is 10.6 Å². The second-order valence-electron chi connectivity index (χ2n) is 5.12. The molecule has 5 nitrogen and oxygen atoms in total. The van der Waals surface area contributed by atoms with Gasteiger partial charge in [0.1, 0.15) is 0 Å². The van der Waals surface area contributed by atoms with E-state index >= 15 is 0 Å². The Bertz CT molecular complexity index is 630. The van der Waals surface area contributed by atoms with Crippen LogP contribution >= 0.6 is 15.9 Å². The Morgan fingerprint density at radius 3 is 2.35 bits per heavy atom. The molecule has 0 radical (unpaired) electrons. The molecule has 0 unspecified atom stereocenters. The van der Waals surface area contributed by atoms with Crippen LogP contribution in [0.15, 0.2) is 59.1 Å². The summed E-state index contributed by atoms with van der Waals surface area (Å²) in [6, 6.07) is 16.2. The van der Waals surface area contributed by atoms with Crippen LogP contribution in [0.3, 0.4) is 0 Å². The lowest BCUT2D eigenvalue weighted by molar-refractivity contribution is -0.194. The van der Waals surface area contributed by atoms with Crippen molar-refractivity contribution in [3.05, 3.63) is 70.2 Å². The summed E-state index contributed by atoms with van der Waals surface area (Å²) in [5.41, 5.74) is 1.33. The quantitative estimate of drug-likeness (QED) is 0.554. The second kappa shape index (κ2) is 8.21. The molecule has 0 aliphatic carbocycles. The van der Waals surface area contributed by atoms with Gasteiger partial charge in [-0.3, -0.25) is 10.1 Å². The SMILES string of the molecule is O=C(CCNC(O)(O)c1ccc(Br)cc1)NCc1ccccc1. The first-order chi connectivity index (χ1) is 11.0. The van der Waals surface area contributed by atoms with E-state index in [1.807, 2.05) is 30.3 Å². The summed E-state index contributed by atoms with van der Waals surface area (Å²) < 4.78 is 0.845. The normalized spacial score (nSPS) is 11.3. The Labute approximate surface area is 143 Å². The Hall–Kier alpha value is -1.73. The van der Waals surface area contributed by atoms with E-state index in [-0.39, 0.29) is 18.9 Å². The van der Waals surface area contributed by atoms with Crippen LogP contribution in [0, 0.1) is 0 Å². The average Bonchev–Trinajstić information content (AvgIpc) is 2.54. The lowest BCUT2D eigenvalue weighted by atomic mass is 10.1. The molecule has 23 heavy (non-hydrogen) atoms. The van der Waals surface area contributed by atoms with Crippen LogP contribution in [-0.4, -0.2) is 22.7 Å². The molecule has 0 saturated heterocycles. The van der Waals surface area contributed by atoms with E-state index < -0.39 is 5.91 Å². The molecule has 2 rings (SSSR count). The number of hydrogen-bond donors (Lipinski definition) is 4. The van der Waals surface area contributed by atoms with Gasteiger partial charge in [-0.05, 0) is 17.7 Å². The van der Waals surface area contributed by atoms with E-state index in [2.05, 4.69) is 26.6 Å². The van der Waals surface area contributed by atoms with Crippen molar-refractivity contribution in [3.63, 3.8) is 0 Å². The zero-order valence-corrected chi connectivity index (χ0v) is 14.1. The van der Waals surface area contributed by atoms with Crippen molar-refractivity contribution >= 4 is 21.8 Å². The van der Waals surface area contributed by atoms with Gasteiger partial charge >= 0.3 is 0 Å². The number of carbonyl (C=O) groups excluding carboxylic acids is 1. The van der Waals surface area contributed by atoms with E-state index in [9.17, 15) is 15.0 Å². The molecule has 6 heteroatoms. The van der Waals surface area contributed by atoms with E-state index in [0.717, 1.165) is 10.0 Å². The highest BCUT2D eigenvalue weighted by Crippen LogP contribution is 2.18. The van der Waals surface area contributed by atoms with Gasteiger partial charge in [0.15, 0.2) is 0 Å². The molecule has 2 aromatic rings. The molecule has 0 aromatic heterocycles. The third kappa shape index (κ3) is 5.76. The van der Waals surface area contributed by atoms with Crippen molar-refractivity contribution in [1.29, 1.82) is 0 Å². The first-order valence-electron chi connectivity index (χ1n) is 7.24. The van der Waals surface area contributed by atoms with Crippen molar-refractivity contribution in [2.45, 2.75) is 18.9 Å². The summed E-state index contributed by atoms with van der Waals surface area (Å²) in [4.78, 5) is 11.8. The van der Waals surface area contributed by atoms with Gasteiger partial charge in [-0.15, -0.1) is 0 Å². The average molecular weight is 379 g/mol. The predicted molar refractivity (Wildman–Crippen MR) is 91.2 cm³/mol. The Balaban J connectivity index is 1.75. The number of hydrogen-bond acceptors (Lipinski definition) is 4. The first kappa shape index (κ1) is 17.6. The standard InChI is InChI=1S/C17H19BrN2O3/c18-15-8-6-14(7-9-15)17(22,23)20-11-10-16(21)19-12-13-4-2-1-3-5-13/h1-9,20,22-23H,10-12H2,(H,19,21). The molecule has 0 saturated carbocycles. The van der Waals surface area contributed by atoms with Crippen LogP contribution in [0.25, 0.3) is 0 Å². The van der Waals surface area contributed by atoms with Gasteiger partial charge in [0.25, 0.3) is 5.91 Å². The summed E-state index contributed by atoms with van der Waals surface area (Å²) in [7, 11) is 0. The fraction of sp³-hybridized carbons (Fsp3) is 0.235. The third-order valence-corrected chi connectivity index (χ3v) is 3.83. The van der Waals surface area contributed by atoms with Crippen LogP contribution in [0.5, 0.6) is 0 Å². The summed E-state index contributed by atoms with van der Waals surface area (Å²) in [5, 5.41) is 25.3. The summed E-state index contributed by atoms with van der Waals surface area (Å²) in [6.45, 7) is 0.597. The maximum atomic E-state index is 11.8. The fourth-order valence-corrected chi connectivity index (χ4v) is 2.28. The zero-order chi connectivity index (χ0) is 16.7. The van der Waals surface area contributed by atoms with Crippen LogP contribution in [-0.2, 0) is 17.3 Å². The van der Waals surface area contributed by atoms with Gasteiger partial charge in [-0.1, -0.05) is 58.4 Å². The third-order valence-electron chi connectivity index (χ3n) is 3.30. The minimum Gasteiger partial charge on any atom is -0.352 e. The van der Waals surface area contributed by atoms with Gasteiger partial charge in [-0.2, -0.15) is 0 Å². The van der Waals surface area contributed by atoms with Crippen molar-refractivity contribution in [3.8, 4) is 0 Å². The van der Waals surface area contributed by atoms with Crippen LogP contribution in [0.2, 0.25) is 0 Å². The number of benzene rings is 2. The minimum absolute atomic E-state index is 0.143. The minimum atomic E-state index is -2.17. The lowest BCUT2D eigenvalue weighted by Gasteiger charge is -2.23. The molecule has 122 valence electrons. The summed E-state index contributed by atoms with van der Waals surface area (Å²) >= 11 is 3.28. The zero-order valence-electron chi connectivity index (χ0n) is 12.5. The maximum Gasteiger partial charge on any atom is 0.250 e. The number of rotatable bonds is 7. The van der Waals surface area contributed by atoms with E-state index in [1.54, 1.807) is 24.3 Å². The van der Waals surface area contributed by atoms with Crippen LogP contribution in [0.1, 0.15) is 17.5 Å². The first-order valence-corrected chi connectivity index (χ1v) is 8.03. The summed E-state index contributed by atoms with van der Waals surface area (Å²) in [6.07, 6.45) is 0.145. The molecule has 0 heterocycles. The van der Waals surface area contributed by atoms with Crippen molar-refractivity contribution < 1.29 is 15.0 Å². The molecule has 0 aliphatic heterocycles. The molecule has 2 aromatic carbocycles. The number of nitrogens with one attached hydrogen (secondary N) is 2. The Kier molecular flexibility index (Phi) is 6.29. The van der Waals surface area contributed by atoms with Gasteiger partial charge in [0.05, 0.1) is 0 Å². The molecule has 4 N–H and O–H groups in total. The maximum absolute atomic E-state index is 11.8. The Morgan fingerprint density at radius 2 is 1.70 bits per heavy atom. The van der Waals surface area contributed by atoms with Gasteiger partial charge in [0.2, 0.25) is 5.91 Å². The molecule has 0 atom stereocenters.